The van der Waals surface area contributed by atoms with Gasteiger partial charge in [-0.1, -0.05) is 13.3 Å². The number of hydrogen-bond donors (Lipinski definition) is 0. The van der Waals surface area contributed by atoms with Crippen molar-refractivity contribution < 1.29 is 9.59 Å². The Morgan fingerprint density at radius 1 is 1.45 bits per heavy atom. The maximum absolute atomic E-state index is 12.2. The quantitative estimate of drug-likeness (QED) is 0.783. The van der Waals surface area contributed by atoms with Gasteiger partial charge in [0, 0.05) is 11.9 Å². The van der Waals surface area contributed by atoms with Crippen LogP contribution in [-0.4, -0.2) is 39.3 Å². The maximum Gasteiger partial charge on any atom is 0.327 e. The van der Waals surface area contributed by atoms with Gasteiger partial charge in [0.05, 0.1) is 17.2 Å². The van der Waals surface area contributed by atoms with Crippen molar-refractivity contribution >= 4 is 23.3 Å². The Labute approximate surface area is 122 Å². The number of aromatic nitrogens is 1. The fourth-order valence-corrected chi connectivity index (χ4v) is 3.68. The van der Waals surface area contributed by atoms with Gasteiger partial charge in [-0.2, -0.15) is 0 Å². The summed E-state index contributed by atoms with van der Waals surface area (Å²) in [6.45, 7) is 3.20. The molecule has 20 heavy (non-hydrogen) atoms. The fraction of sp³-hybridized carbons (Fsp3) is 0.643. The molecule has 108 valence electrons. The third-order valence-corrected chi connectivity index (χ3v) is 4.90. The molecule has 2 saturated heterocycles. The van der Waals surface area contributed by atoms with E-state index in [9.17, 15) is 9.59 Å². The molecule has 0 N–H and O–H groups in total. The number of urea groups is 1. The largest absolute Gasteiger partial charge is 0.327 e. The summed E-state index contributed by atoms with van der Waals surface area (Å²) < 4.78 is 0. The molecule has 1 aromatic rings. The smallest absolute Gasteiger partial charge is 0.312 e. The molecule has 6 heteroatoms. The normalized spacial score (nSPS) is 21.9. The van der Waals surface area contributed by atoms with Gasteiger partial charge >= 0.3 is 6.03 Å². The van der Waals surface area contributed by atoms with Gasteiger partial charge in [-0.25, -0.2) is 9.78 Å². The Hall–Kier alpha value is -1.43. The van der Waals surface area contributed by atoms with Crippen LogP contribution >= 0.6 is 11.3 Å². The van der Waals surface area contributed by atoms with E-state index < -0.39 is 0 Å². The first-order valence-electron chi connectivity index (χ1n) is 7.26. The summed E-state index contributed by atoms with van der Waals surface area (Å²) >= 11 is 1.62. The summed E-state index contributed by atoms with van der Waals surface area (Å²) in [5.74, 6) is -0.0457. The number of rotatable bonds is 5. The van der Waals surface area contributed by atoms with E-state index in [1.54, 1.807) is 16.2 Å². The van der Waals surface area contributed by atoms with Crippen molar-refractivity contribution in [1.29, 1.82) is 0 Å². The van der Waals surface area contributed by atoms with Gasteiger partial charge in [0.15, 0.2) is 0 Å². The minimum atomic E-state index is -0.208. The Morgan fingerprint density at radius 2 is 2.30 bits per heavy atom. The second kappa shape index (κ2) is 5.52. The fourth-order valence-electron chi connectivity index (χ4n) is 2.85. The molecule has 3 amide bonds. The zero-order valence-electron chi connectivity index (χ0n) is 11.7. The van der Waals surface area contributed by atoms with Gasteiger partial charge < -0.3 is 4.90 Å². The van der Waals surface area contributed by atoms with Gasteiger partial charge in [0.1, 0.15) is 6.04 Å². The van der Waals surface area contributed by atoms with Crippen LogP contribution in [0.5, 0.6) is 0 Å². The summed E-state index contributed by atoms with van der Waals surface area (Å²) in [5, 5.41) is 3.07. The molecule has 3 rings (SSSR count). The third-order valence-electron chi connectivity index (χ3n) is 3.94. The van der Waals surface area contributed by atoms with Crippen LogP contribution in [-0.2, 0) is 17.8 Å². The van der Waals surface area contributed by atoms with Crippen LogP contribution in [0, 0.1) is 0 Å². The maximum atomic E-state index is 12.2. The number of fused-ring (bicyclic) bond motifs is 1. The van der Waals surface area contributed by atoms with Gasteiger partial charge in [0.2, 0.25) is 0 Å². The first-order valence-corrected chi connectivity index (χ1v) is 8.14. The van der Waals surface area contributed by atoms with Crippen molar-refractivity contribution in [3.8, 4) is 0 Å². The van der Waals surface area contributed by atoms with E-state index in [4.69, 9.17) is 0 Å². The molecule has 0 aliphatic carbocycles. The lowest BCUT2D eigenvalue weighted by molar-refractivity contribution is -0.128. The molecular formula is C14H19N3O2S. The van der Waals surface area contributed by atoms with Crippen LogP contribution < -0.4 is 0 Å². The van der Waals surface area contributed by atoms with Gasteiger partial charge in [-0.3, -0.25) is 9.69 Å². The molecule has 0 aromatic carbocycles. The molecule has 0 radical (unpaired) electrons. The van der Waals surface area contributed by atoms with Crippen molar-refractivity contribution in [3.63, 3.8) is 0 Å². The number of aryl methyl sites for hydroxylation is 1. The lowest BCUT2D eigenvalue weighted by Crippen LogP contribution is -2.32. The van der Waals surface area contributed by atoms with E-state index in [1.165, 1.54) is 4.90 Å². The summed E-state index contributed by atoms with van der Waals surface area (Å²) in [6, 6.07) is -0.346. The number of unbranched alkanes of at least 4 members (excludes halogenated alkanes) is 1. The number of carbonyl (C=O) groups is 2. The molecule has 2 fully saturated rings. The van der Waals surface area contributed by atoms with Crippen molar-refractivity contribution in [3.05, 3.63) is 16.1 Å². The standard InChI is InChI=1S/C14H19N3O2S/c1-2-3-6-12-15-10(9-20-12)8-17-13(18)11-5-4-7-16(11)14(17)19/h9,11H,2-8H2,1H3/t11-/m0/s1. The summed E-state index contributed by atoms with van der Waals surface area (Å²) in [6.07, 6.45) is 5.00. The monoisotopic (exact) mass is 293 g/mol. The Bertz CT molecular complexity index is 506. The van der Waals surface area contributed by atoms with Gasteiger partial charge in [0.25, 0.3) is 5.91 Å². The Balaban J connectivity index is 1.67. The molecule has 0 bridgehead atoms. The molecule has 1 aromatic heterocycles. The lowest BCUT2D eigenvalue weighted by atomic mass is 10.2. The van der Waals surface area contributed by atoms with E-state index in [0.29, 0.717) is 13.1 Å². The van der Waals surface area contributed by atoms with Crippen LogP contribution in [0.25, 0.3) is 0 Å². The number of imide groups is 1. The lowest BCUT2D eigenvalue weighted by Gasteiger charge is -2.14. The second-order valence-electron chi connectivity index (χ2n) is 5.39. The number of thiazole rings is 1. The summed E-state index contributed by atoms with van der Waals surface area (Å²) in [4.78, 5) is 32.0. The third kappa shape index (κ3) is 2.32. The number of amides is 3. The zero-order chi connectivity index (χ0) is 14.1. The number of hydrogen-bond acceptors (Lipinski definition) is 4. The Morgan fingerprint density at radius 3 is 3.05 bits per heavy atom. The number of nitrogens with zero attached hydrogens (tertiary/aromatic N) is 3. The average Bonchev–Trinajstić information content (AvgIpc) is 3.13. The zero-order valence-corrected chi connectivity index (χ0v) is 12.5. The molecule has 5 nitrogen and oxygen atoms in total. The molecule has 0 saturated carbocycles. The second-order valence-corrected chi connectivity index (χ2v) is 6.34. The molecule has 0 unspecified atom stereocenters. The van der Waals surface area contributed by atoms with E-state index >= 15 is 0 Å². The molecule has 2 aliphatic rings. The average molecular weight is 293 g/mol. The van der Waals surface area contributed by atoms with Crippen LogP contribution in [0.2, 0.25) is 0 Å². The van der Waals surface area contributed by atoms with E-state index in [0.717, 1.165) is 42.8 Å². The van der Waals surface area contributed by atoms with Crippen LogP contribution in [0.3, 0.4) is 0 Å². The minimum absolute atomic E-state index is 0.0457. The van der Waals surface area contributed by atoms with Crippen molar-refractivity contribution in [2.45, 2.75) is 51.6 Å². The molecule has 0 spiro atoms. The minimum Gasteiger partial charge on any atom is -0.312 e. The highest BCUT2D eigenvalue weighted by atomic mass is 32.1. The van der Waals surface area contributed by atoms with E-state index in [2.05, 4.69) is 11.9 Å². The van der Waals surface area contributed by atoms with Crippen molar-refractivity contribution in [1.82, 2.24) is 14.8 Å². The highest BCUT2D eigenvalue weighted by Crippen LogP contribution is 2.28. The van der Waals surface area contributed by atoms with E-state index in [-0.39, 0.29) is 18.0 Å². The summed E-state index contributed by atoms with van der Waals surface area (Å²) in [5.41, 5.74) is 0.837. The van der Waals surface area contributed by atoms with E-state index in [1.807, 2.05) is 5.38 Å². The van der Waals surface area contributed by atoms with Gasteiger partial charge in [-0.15, -0.1) is 11.3 Å². The topological polar surface area (TPSA) is 53.5 Å². The molecule has 1 atom stereocenters. The van der Waals surface area contributed by atoms with Gasteiger partial charge in [-0.05, 0) is 25.7 Å². The highest BCUT2D eigenvalue weighted by molar-refractivity contribution is 7.09. The number of carbonyl (C=O) groups excluding carboxylic acids is 2. The first kappa shape index (κ1) is 13.5. The highest BCUT2D eigenvalue weighted by Gasteiger charge is 2.47. The first-order chi connectivity index (χ1) is 9.70. The summed E-state index contributed by atoms with van der Waals surface area (Å²) in [7, 11) is 0. The van der Waals surface area contributed by atoms with Crippen LogP contribution in [0.15, 0.2) is 5.38 Å². The molecule has 2 aliphatic heterocycles. The van der Waals surface area contributed by atoms with Crippen molar-refractivity contribution in [2.75, 3.05) is 6.54 Å². The predicted molar refractivity (Wildman–Crippen MR) is 76.4 cm³/mol. The Kier molecular flexibility index (Phi) is 3.74. The van der Waals surface area contributed by atoms with Crippen LogP contribution in [0.1, 0.15) is 43.3 Å². The van der Waals surface area contributed by atoms with Crippen molar-refractivity contribution in [2.24, 2.45) is 0 Å². The predicted octanol–water partition coefficient (Wildman–Crippen LogP) is 2.41. The molecular weight excluding hydrogens is 274 g/mol. The molecule has 3 heterocycles. The SMILES string of the molecule is CCCCc1nc(CN2C(=O)[C@@H]3CCCN3C2=O)cs1. The van der Waals surface area contributed by atoms with Crippen LogP contribution in [0.4, 0.5) is 4.79 Å².